The average molecular weight is 736 g/mol. The van der Waals surface area contributed by atoms with Crippen LogP contribution in [0.15, 0.2) is 0 Å². The number of hydrogen-bond acceptors (Lipinski definition) is 5. The molecule has 44 heavy (non-hydrogen) atoms. The fourth-order valence-corrected chi connectivity index (χ4v) is 11.5. The van der Waals surface area contributed by atoms with E-state index in [0.29, 0.717) is 22.3 Å². The van der Waals surface area contributed by atoms with Gasteiger partial charge in [0.25, 0.3) is 0 Å². The number of halogens is 2. The van der Waals surface area contributed by atoms with Crippen LogP contribution in [0.25, 0.3) is 0 Å². The van der Waals surface area contributed by atoms with E-state index in [1.54, 1.807) is 0 Å². The molecule has 0 bridgehead atoms. The van der Waals surface area contributed by atoms with E-state index in [1.807, 2.05) is 22.3 Å². The molecular weight excluding hydrogens is 680 g/mol. The fraction of sp³-hybridized carbons (Fsp3) is 0.750. The van der Waals surface area contributed by atoms with Gasteiger partial charge in [-0.25, -0.2) is 0 Å². The Bertz CT molecular complexity index is 1030. The minimum atomic E-state index is -0.380. The maximum Gasteiger partial charge on any atom is 0.246 e. The Morgan fingerprint density at radius 2 is 1.41 bits per heavy atom. The van der Waals surface area contributed by atoms with E-state index < -0.39 is 0 Å². The number of nitrogens with one attached hydrogen (secondary N) is 3. The number of rotatable bonds is 21. The van der Waals surface area contributed by atoms with E-state index in [4.69, 9.17) is 22.9 Å². The van der Waals surface area contributed by atoms with Crippen LogP contribution in [0.4, 0.5) is 0 Å². The molecule has 2 rings (SSSR count). The zero-order valence-electron chi connectivity index (χ0n) is 26.2. The van der Waals surface area contributed by atoms with Crippen LogP contribution in [0, 0.1) is 0 Å². The van der Waals surface area contributed by atoms with Gasteiger partial charge < -0.3 is 41.6 Å². The Labute approximate surface area is 289 Å². The maximum absolute atomic E-state index is 12.3. The summed E-state index contributed by atoms with van der Waals surface area (Å²) in [7, 11) is -0.476. The molecular formula is C28H56Cl2N8O2S4. The largest absolute Gasteiger partial charge is 1.00 e. The van der Waals surface area contributed by atoms with Crippen LogP contribution < -0.4 is 63.1 Å². The number of unbranched alkanes of at least 4 members (excludes halogenated alkanes) is 3. The van der Waals surface area contributed by atoms with Gasteiger partial charge in [0, 0.05) is 40.9 Å². The van der Waals surface area contributed by atoms with Crippen LogP contribution in [0.5, 0.6) is 0 Å². The standard InChI is InChI=1S/C28H54N8O2S4.2ClH/c1-40(2)36(28(38)18-30)21-11-13-23(21)41(3)19-34-25(31)9-7-5-6-8-10-26(32)35-20-42(4)24-14-12-22(24)39-16-15-33-27(37)17-29;;/h21-24H,1,3-20,29-30H2,2H3,(H2,31,34)(H2,32,35)(H,33,37);2*1H. The summed E-state index contributed by atoms with van der Waals surface area (Å²) in [4.78, 5) is 30.4. The minimum Gasteiger partial charge on any atom is -1.00 e. The van der Waals surface area contributed by atoms with Crippen LogP contribution in [0.2, 0.25) is 0 Å². The molecule has 0 spiro atoms. The van der Waals surface area contributed by atoms with E-state index in [0.717, 1.165) is 80.5 Å². The highest BCUT2D eigenvalue weighted by Gasteiger charge is 2.39. The highest BCUT2D eigenvalue weighted by atomic mass is 35.5. The Morgan fingerprint density at radius 1 is 0.864 bits per heavy atom. The summed E-state index contributed by atoms with van der Waals surface area (Å²) in [6.07, 6.45) is 12.5. The van der Waals surface area contributed by atoms with Crippen molar-refractivity contribution in [3.8, 4) is 0 Å². The van der Waals surface area contributed by atoms with Crippen molar-refractivity contribution in [1.29, 1.82) is 0 Å². The second-order valence-corrected chi connectivity index (χ2v) is 17.8. The van der Waals surface area contributed by atoms with E-state index in [1.165, 1.54) is 12.8 Å². The molecule has 0 saturated heterocycles. The van der Waals surface area contributed by atoms with Gasteiger partial charge in [0.1, 0.15) is 11.8 Å². The quantitative estimate of drug-likeness (QED) is 0.0265. The van der Waals surface area contributed by atoms with Gasteiger partial charge in [-0.2, -0.15) is 11.8 Å². The SMILES string of the molecule is C=S(C[NH+]=C(N)CCCCCCC(N)=[NH+]CS(=C)C1CCC1N(C(=O)CN)S(=C)C)C1CCC1SCCNC(=O)CN.[Cl-].[Cl-]. The molecule has 0 radical (unpaired) electrons. The third-order valence-electron chi connectivity index (χ3n) is 7.79. The molecule has 7 atom stereocenters. The average Bonchev–Trinajstić information content (AvgIpc) is 2.93. The van der Waals surface area contributed by atoms with Gasteiger partial charge >= 0.3 is 0 Å². The highest BCUT2D eigenvalue weighted by Crippen LogP contribution is 2.42. The predicted octanol–water partition coefficient (Wildman–Crippen LogP) is -7.57. The summed E-state index contributed by atoms with van der Waals surface area (Å²) < 4.78 is 1.88. The second kappa shape index (κ2) is 23.7. The zero-order chi connectivity index (χ0) is 31.1. The van der Waals surface area contributed by atoms with Gasteiger partial charge in [-0.3, -0.25) is 35.3 Å². The van der Waals surface area contributed by atoms with Gasteiger partial charge in [0.15, 0.2) is 0 Å². The number of amides is 2. The summed E-state index contributed by atoms with van der Waals surface area (Å²) in [6, 6.07) is 0.192. The zero-order valence-corrected chi connectivity index (χ0v) is 31.0. The summed E-state index contributed by atoms with van der Waals surface area (Å²) in [5.74, 6) is 16.9. The predicted molar refractivity (Wildman–Crippen MR) is 192 cm³/mol. The molecule has 7 unspecified atom stereocenters. The number of nitrogens with zero attached hydrogens (tertiary/aromatic N) is 1. The number of thioether (sulfide) groups is 1. The van der Waals surface area contributed by atoms with Crippen LogP contribution in [0.1, 0.15) is 64.2 Å². The number of hydrogen-bond donors (Lipinski definition) is 7. The summed E-state index contributed by atoms with van der Waals surface area (Å²) in [5.41, 5.74) is 23.5. The van der Waals surface area contributed by atoms with Crippen LogP contribution in [0.3, 0.4) is 0 Å². The van der Waals surface area contributed by atoms with Crippen molar-refractivity contribution in [2.75, 3.05) is 43.4 Å². The number of carbonyl (C=O) groups is 2. The molecule has 2 aliphatic carbocycles. The Hall–Kier alpha value is -0.610. The monoisotopic (exact) mass is 734 g/mol. The molecule has 258 valence electrons. The molecule has 10 nitrogen and oxygen atoms in total. The van der Waals surface area contributed by atoms with Crippen molar-refractivity contribution in [2.45, 2.75) is 86.0 Å². The topological polar surface area (TPSA) is 181 Å². The molecule has 2 aliphatic rings. The molecule has 16 heteroatoms. The molecule has 2 saturated carbocycles. The van der Waals surface area contributed by atoms with E-state index in [2.05, 4.69) is 32.9 Å². The molecule has 11 N–H and O–H groups in total. The summed E-state index contributed by atoms with van der Waals surface area (Å²) >= 11 is 1.93. The van der Waals surface area contributed by atoms with Crippen molar-refractivity contribution in [3.63, 3.8) is 0 Å². The van der Waals surface area contributed by atoms with Crippen molar-refractivity contribution in [3.05, 3.63) is 0 Å². The third kappa shape index (κ3) is 14.9. The minimum absolute atomic E-state index is 0. The lowest BCUT2D eigenvalue weighted by atomic mass is 9.92. The lowest BCUT2D eigenvalue weighted by Gasteiger charge is -2.45. The van der Waals surface area contributed by atoms with Crippen LogP contribution >= 0.6 is 43.4 Å². The fourth-order valence-electron chi connectivity index (χ4n) is 5.02. The summed E-state index contributed by atoms with van der Waals surface area (Å²) in [5, 5.41) is 4.45. The van der Waals surface area contributed by atoms with Gasteiger partial charge in [-0.15, -0.1) is 31.6 Å². The number of amidine groups is 2. The lowest BCUT2D eigenvalue weighted by Crippen LogP contribution is -3.00. The van der Waals surface area contributed by atoms with E-state index >= 15 is 0 Å². The van der Waals surface area contributed by atoms with Crippen molar-refractivity contribution in [2.24, 2.45) is 22.9 Å². The molecule has 0 heterocycles. The van der Waals surface area contributed by atoms with Crippen molar-refractivity contribution in [1.82, 2.24) is 9.62 Å². The van der Waals surface area contributed by atoms with E-state index in [9.17, 15) is 9.59 Å². The van der Waals surface area contributed by atoms with Crippen molar-refractivity contribution < 1.29 is 44.4 Å². The second-order valence-electron chi connectivity index (χ2n) is 11.0. The first-order valence-electron chi connectivity index (χ1n) is 14.8. The molecule has 0 aromatic carbocycles. The van der Waals surface area contributed by atoms with Crippen LogP contribution in [-0.4, -0.2) is 111 Å². The number of nitrogens with two attached hydrogens (primary N) is 4. The van der Waals surface area contributed by atoms with Gasteiger partial charge in [-0.1, -0.05) is 30.5 Å². The summed E-state index contributed by atoms with van der Waals surface area (Å²) in [6.45, 7) is 0.744. The molecule has 0 aromatic heterocycles. The van der Waals surface area contributed by atoms with Crippen molar-refractivity contribution >= 4 is 84.5 Å². The molecule has 0 aromatic rings. The molecule has 0 aliphatic heterocycles. The maximum atomic E-state index is 12.3. The van der Waals surface area contributed by atoms with E-state index in [-0.39, 0.29) is 87.4 Å². The first-order chi connectivity index (χ1) is 20.1. The first kappa shape index (κ1) is 43.4. The third-order valence-corrected chi connectivity index (χ3v) is 14.4. The van der Waals surface area contributed by atoms with Gasteiger partial charge in [0.05, 0.1) is 19.1 Å². The van der Waals surface area contributed by atoms with Gasteiger partial charge in [-0.05, 0) is 44.8 Å². The Morgan fingerprint density at radius 3 is 1.84 bits per heavy atom. The Kier molecular flexibility index (Phi) is 23.3. The highest BCUT2D eigenvalue weighted by molar-refractivity contribution is 8.15. The lowest BCUT2D eigenvalue weighted by molar-refractivity contribution is -0.435. The first-order valence-corrected chi connectivity index (χ1v) is 20.9. The Balaban J connectivity index is 0.00000924. The number of carbonyl (C=O) groups excluding carboxylic acids is 2. The smallest absolute Gasteiger partial charge is 0.246 e. The van der Waals surface area contributed by atoms with Crippen LogP contribution in [-0.2, 0) is 9.59 Å². The normalized spacial score (nSPS) is 23.5. The van der Waals surface area contributed by atoms with Gasteiger partial charge in [0.2, 0.25) is 23.5 Å². The molecule has 2 fully saturated rings. The molecule has 2 amide bonds.